The lowest BCUT2D eigenvalue weighted by molar-refractivity contribution is -0.384. The normalized spacial score (nSPS) is 23.1. The van der Waals surface area contributed by atoms with E-state index in [1.165, 1.54) is 25.8 Å². The minimum atomic E-state index is -0.269. The molecule has 116 valence electrons. The van der Waals surface area contributed by atoms with E-state index in [4.69, 9.17) is 0 Å². The number of anilines is 1. The van der Waals surface area contributed by atoms with E-state index in [-0.39, 0.29) is 10.6 Å². The molecule has 7 heteroatoms. The molecular weight excluding hydrogens is 270 g/mol. The molecule has 0 N–H and O–H groups in total. The second kappa shape index (κ2) is 5.63. The Morgan fingerprint density at radius 2 is 2.14 bits per heavy atom. The molecule has 0 amide bonds. The fourth-order valence-electron chi connectivity index (χ4n) is 3.69. The molecule has 2 aliphatic heterocycles. The van der Waals surface area contributed by atoms with Crippen LogP contribution in [-0.4, -0.2) is 51.8 Å². The zero-order valence-corrected chi connectivity index (χ0v) is 12.8. The molecule has 3 rings (SSSR count). The minimum Gasteiger partial charge on any atom is -0.348 e. The van der Waals surface area contributed by atoms with E-state index in [0.29, 0.717) is 24.0 Å². The third-order valence-corrected chi connectivity index (χ3v) is 4.72. The van der Waals surface area contributed by atoms with Gasteiger partial charge in [0.15, 0.2) is 0 Å². The summed E-state index contributed by atoms with van der Waals surface area (Å²) in [5.74, 6) is 0.682. The molecule has 1 aromatic heterocycles. The second-order valence-corrected chi connectivity index (χ2v) is 5.98. The fraction of sp³-hybridized carbons (Fsp3) is 0.786. The van der Waals surface area contributed by atoms with Crippen molar-refractivity contribution >= 4 is 11.5 Å². The molecule has 1 aromatic rings. The molecule has 1 atom stereocenters. The molecular formula is C14H23N5O2. The lowest BCUT2D eigenvalue weighted by Crippen LogP contribution is -2.55. The van der Waals surface area contributed by atoms with Crippen molar-refractivity contribution in [1.82, 2.24) is 14.7 Å². The van der Waals surface area contributed by atoms with Crippen LogP contribution in [0.1, 0.15) is 31.9 Å². The van der Waals surface area contributed by atoms with E-state index >= 15 is 0 Å². The molecule has 21 heavy (non-hydrogen) atoms. The number of aromatic nitrogens is 2. The summed E-state index contributed by atoms with van der Waals surface area (Å²) in [6.07, 6.45) is 4.33. The Morgan fingerprint density at radius 1 is 1.33 bits per heavy atom. The van der Waals surface area contributed by atoms with Gasteiger partial charge in [-0.3, -0.25) is 15.0 Å². The summed E-state index contributed by atoms with van der Waals surface area (Å²) in [7, 11) is 1.81. The number of nitrogens with zero attached hydrogens (tertiary/aromatic N) is 5. The van der Waals surface area contributed by atoms with Gasteiger partial charge in [-0.05, 0) is 25.8 Å². The first-order valence-corrected chi connectivity index (χ1v) is 7.81. The first-order valence-electron chi connectivity index (χ1n) is 7.81. The van der Waals surface area contributed by atoms with Gasteiger partial charge in [-0.1, -0.05) is 13.3 Å². The Kier molecular flexibility index (Phi) is 3.84. The van der Waals surface area contributed by atoms with Gasteiger partial charge in [0, 0.05) is 32.7 Å². The van der Waals surface area contributed by atoms with Gasteiger partial charge in [0.05, 0.1) is 4.92 Å². The quantitative estimate of drug-likeness (QED) is 0.625. The van der Waals surface area contributed by atoms with E-state index in [1.54, 1.807) is 4.68 Å². The lowest BCUT2D eigenvalue weighted by atomic mass is 9.99. The maximum Gasteiger partial charge on any atom is 0.334 e. The van der Waals surface area contributed by atoms with E-state index in [1.807, 2.05) is 14.0 Å². The minimum absolute atomic E-state index is 0.198. The lowest BCUT2D eigenvalue weighted by Gasteiger charge is -2.44. The molecule has 0 radical (unpaired) electrons. The van der Waals surface area contributed by atoms with Crippen molar-refractivity contribution in [3.63, 3.8) is 0 Å². The molecule has 1 unspecified atom stereocenters. The Balaban J connectivity index is 1.90. The standard InChI is InChI=1S/C14H23N5O2/c1-3-12-13(19(20)21)14(16(2)15-12)18-9-8-17-7-5-4-6-11(17)10-18/h11H,3-10H2,1-2H3. The number of piperidine rings is 1. The highest BCUT2D eigenvalue weighted by Crippen LogP contribution is 2.34. The van der Waals surface area contributed by atoms with Gasteiger partial charge in [-0.2, -0.15) is 5.10 Å². The van der Waals surface area contributed by atoms with Crippen LogP contribution in [0.5, 0.6) is 0 Å². The van der Waals surface area contributed by atoms with Crippen molar-refractivity contribution in [1.29, 1.82) is 0 Å². The van der Waals surface area contributed by atoms with Gasteiger partial charge in [0.25, 0.3) is 0 Å². The first kappa shape index (κ1) is 14.3. The van der Waals surface area contributed by atoms with Crippen molar-refractivity contribution in [2.75, 3.05) is 31.1 Å². The molecule has 2 fully saturated rings. The van der Waals surface area contributed by atoms with Gasteiger partial charge >= 0.3 is 5.69 Å². The molecule has 0 aromatic carbocycles. The van der Waals surface area contributed by atoms with Crippen LogP contribution in [-0.2, 0) is 13.5 Å². The van der Waals surface area contributed by atoms with Crippen LogP contribution in [0.2, 0.25) is 0 Å². The van der Waals surface area contributed by atoms with Gasteiger partial charge in [-0.25, -0.2) is 4.68 Å². The zero-order valence-electron chi connectivity index (χ0n) is 12.8. The highest BCUT2D eigenvalue weighted by atomic mass is 16.6. The Bertz CT molecular complexity index is 542. The van der Waals surface area contributed by atoms with Gasteiger partial charge in [0.1, 0.15) is 5.69 Å². The summed E-state index contributed by atoms with van der Waals surface area (Å²) < 4.78 is 1.69. The summed E-state index contributed by atoms with van der Waals surface area (Å²) in [5, 5.41) is 15.8. The number of aryl methyl sites for hydroxylation is 2. The summed E-state index contributed by atoms with van der Waals surface area (Å²) in [4.78, 5) is 15.9. The van der Waals surface area contributed by atoms with Crippen molar-refractivity contribution in [3.8, 4) is 0 Å². The monoisotopic (exact) mass is 293 g/mol. The Hall–Kier alpha value is -1.63. The average Bonchev–Trinajstić information content (AvgIpc) is 2.83. The van der Waals surface area contributed by atoms with Crippen LogP contribution in [0.25, 0.3) is 0 Å². The maximum absolute atomic E-state index is 11.5. The number of hydrogen-bond donors (Lipinski definition) is 0. The maximum atomic E-state index is 11.5. The number of rotatable bonds is 3. The molecule has 0 aliphatic carbocycles. The summed E-state index contributed by atoms with van der Waals surface area (Å²) >= 11 is 0. The van der Waals surface area contributed by atoms with Gasteiger partial charge < -0.3 is 4.90 Å². The number of nitro groups is 1. The molecule has 2 saturated heterocycles. The van der Waals surface area contributed by atoms with Crippen LogP contribution in [0.4, 0.5) is 11.5 Å². The van der Waals surface area contributed by atoms with Crippen LogP contribution >= 0.6 is 0 Å². The van der Waals surface area contributed by atoms with Crippen molar-refractivity contribution in [2.24, 2.45) is 7.05 Å². The van der Waals surface area contributed by atoms with Crippen LogP contribution in [0.15, 0.2) is 0 Å². The van der Waals surface area contributed by atoms with E-state index in [0.717, 1.165) is 19.6 Å². The number of fused-ring (bicyclic) bond motifs is 1. The third-order valence-electron chi connectivity index (χ3n) is 4.72. The SMILES string of the molecule is CCc1nn(C)c(N2CCN3CCCCC3C2)c1[N+](=O)[O-]. The summed E-state index contributed by atoms with van der Waals surface area (Å²) in [5.41, 5.74) is 0.785. The smallest absolute Gasteiger partial charge is 0.334 e. The molecule has 2 aliphatic rings. The van der Waals surface area contributed by atoms with Crippen molar-refractivity contribution in [2.45, 2.75) is 38.6 Å². The zero-order chi connectivity index (χ0) is 15.0. The van der Waals surface area contributed by atoms with Crippen molar-refractivity contribution < 1.29 is 4.92 Å². The molecule has 0 bridgehead atoms. The predicted octanol–water partition coefficient (Wildman–Crippen LogP) is 1.57. The molecule has 3 heterocycles. The van der Waals surface area contributed by atoms with Gasteiger partial charge in [-0.15, -0.1) is 0 Å². The number of hydrogen-bond acceptors (Lipinski definition) is 5. The summed E-state index contributed by atoms with van der Waals surface area (Å²) in [6, 6.07) is 0.534. The highest BCUT2D eigenvalue weighted by Gasteiger charge is 2.35. The van der Waals surface area contributed by atoms with Crippen LogP contribution < -0.4 is 4.90 Å². The first-order chi connectivity index (χ1) is 10.1. The average molecular weight is 293 g/mol. The van der Waals surface area contributed by atoms with Crippen LogP contribution in [0.3, 0.4) is 0 Å². The van der Waals surface area contributed by atoms with Crippen molar-refractivity contribution in [3.05, 3.63) is 15.8 Å². The largest absolute Gasteiger partial charge is 0.348 e. The molecule has 0 spiro atoms. The fourth-order valence-corrected chi connectivity index (χ4v) is 3.69. The van der Waals surface area contributed by atoms with E-state index < -0.39 is 0 Å². The predicted molar refractivity (Wildman–Crippen MR) is 80.7 cm³/mol. The summed E-state index contributed by atoms with van der Waals surface area (Å²) in [6.45, 7) is 5.81. The topological polar surface area (TPSA) is 67.4 Å². The Labute approximate surface area is 124 Å². The molecule has 0 saturated carbocycles. The van der Waals surface area contributed by atoms with Crippen LogP contribution in [0, 0.1) is 10.1 Å². The number of piperazine rings is 1. The highest BCUT2D eigenvalue weighted by molar-refractivity contribution is 5.62. The Morgan fingerprint density at radius 3 is 2.86 bits per heavy atom. The van der Waals surface area contributed by atoms with Gasteiger partial charge in [0.2, 0.25) is 5.82 Å². The van der Waals surface area contributed by atoms with E-state index in [2.05, 4.69) is 14.9 Å². The third kappa shape index (κ3) is 2.50. The molecule has 7 nitrogen and oxygen atoms in total. The second-order valence-electron chi connectivity index (χ2n) is 5.98. The van der Waals surface area contributed by atoms with E-state index in [9.17, 15) is 10.1 Å².